The molecule has 0 aliphatic carbocycles. The van der Waals surface area contributed by atoms with Crippen molar-refractivity contribution in [3.8, 4) is 11.5 Å². The molecule has 6 rings (SSSR count). The highest BCUT2D eigenvalue weighted by Crippen LogP contribution is 2.38. The molecule has 2 heterocycles. The third-order valence-electron chi connectivity index (χ3n) is 7.19. The van der Waals surface area contributed by atoms with Crippen molar-refractivity contribution in [2.75, 3.05) is 31.5 Å². The molecule has 0 aromatic heterocycles. The number of rotatable bonds is 4. The van der Waals surface area contributed by atoms with Gasteiger partial charge in [0.1, 0.15) is 23.3 Å². The van der Waals surface area contributed by atoms with E-state index >= 15 is 0 Å². The van der Waals surface area contributed by atoms with Gasteiger partial charge in [-0.15, -0.1) is 0 Å². The maximum absolute atomic E-state index is 13.7. The summed E-state index contributed by atoms with van der Waals surface area (Å²) in [4.78, 5) is 23.3. The summed E-state index contributed by atoms with van der Waals surface area (Å²) >= 11 is 0. The Bertz CT molecular complexity index is 1480. The van der Waals surface area contributed by atoms with Crippen LogP contribution >= 0.6 is 0 Å². The lowest BCUT2D eigenvalue weighted by molar-refractivity contribution is -0.122. The quantitative estimate of drug-likeness (QED) is 0.362. The lowest BCUT2D eigenvalue weighted by Gasteiger charge is -2.40. The number of amidine groups is 1. The molecule has 0 spiro atoms. The fourth-order valence-electron chi connectivity index (χ4n) is 5.18. The Labute approximate surface area is 223 Å². The predicted octanol–water partition coefficient (Wildman–Crippen LogP) is 6.18. The van der Waals surface area contributed by atoms with Gasteiger partial charge in [0.25, 0.3) is 0 Å². The number of carbonyl (C=O) groups is 1. The number of anilines is 1. The third-order valence-corrected chi connectivity index (χ3v) is 7.19. The lowest BCUT2D eigenvalue weighted by Crippen LogP contribution is -2.51. The number of amides is 1. The zero-order valence-electron chi connectivity index (χ0n) is 21.4. The van der Waals surface area contributed by atoms with Crippen molar-refractivity contribution in [2.45, 2.75) is 13.0 Å². The summed E-state index contributed by atoms with van der Waals surface area (Å²) in [5.41, 5.74) is 4.69. The van der Waals surface area contributed by atoms with E-state index in [1.807, 2.05) is 104 Å². The lowest BCUT2D eigenvalue weighted by atomic mass is 10.0. The molecule has 1 saturated heterocycles. The number of nitrogens with one attached hydrogen (secondary N) is 1. The van der Waals surface area contributed by atoms with Crippen LogP contribution in [0.15, 0.2) is 108 Å². The maximum Gasteiger partial charge on any atom is 0.246 e. The van der Waals surface area contributed by atoms with Crippen molar-refractivity contribution in [3.63, 3.8) is 0 Å². The van der Waals surface area contributed by atoms with E-state index in [0.29, 0.717) is 0 Å². The Hall–Kier alpha value is -4.42. The number of piperazine rings is 1. The minimum Gasteiger partial charge on any atom is -0.454 e. The average Bonchev–Trinajstić information content (AvgIpc) is 3.12. The van der Waals surface area contributed by atoms with E-state index in [1.165, 1.54) is 0 Å². The molecule has 2 aliphatic heterocycles. The minimum atomic E-state index is -0.384. The van der Waals surface area contributed by atoms with Crippen LogP contribution in [0.4, 0.5) is 11.4 Å². The smallest absolute Gasteiger partial charge is 0.246 e. The standard InChI is InChI=1S/C32H30N4O2/c1-23-11-5-7-15-26(23)34-32(37)30(24-12-3-2-4-13-24)35-19-21-36(22-20-35)31-25-14-6-9-17-28(25)38-29-18-10-8-16-27(29)33-31/h2-18,30H,19-22H2,1H3,(H,34,37). The summed E-state index contributed by atoms with van der Waals surface area (Å²) in [6.07, 6.45) is 0. The normalized spacial score (nSPS) is 15.8. The largest absolute Gasteiger partial charge is 0.454 e. The molecular formula is C32H30N4O2. The van der Waals surface area contributed by atoms with Crippen LogP contribution in [0.5, 0.6) is 11.5 Å². The number of carbonyl (C=O) groups excluding carboxylic acids is 1. The Morgan fingerprint density at radius 2 is 1.45 bits per heavy atom. The molecule has 4 aromatic carbocycles. The van der Waals surface area contributed by atoms with Crippen molar-refractivity contribution in [1.29, 1.82) is 0 Å². The number of ether oxygens (including phenoxy) is 1. The van der Waals surface area contributed by atoms with Gasteiger partial charge in [-0.1, -0.05) is 72.8 Å². The van der Waals surface area contributed by atoms with Crippen LogP contribution in [0.25, 0.3) is 0 Å². The Balaban J connectivity index is 1.26. The highest BCUT2D eigenvalue weighted by Gasteiger charge is 2.32. The first-order chi connectivity index (χ1) is 18.7. The molecule has 1 N–H and O–H groups in total. The SMILES string of the molecule is Cc1ccccc1NC(=O)C(c1ccccc1)N1CCN(C2=Nc3ccccc3Oc3ccccc32)CC1. The fourth-order valence-corrected chi connectivity index (χ4v) is 5.18. The van der Waals surface area contributed by atoms with Crippen molar-refractivity contribution in [1.82, 2.24) is 9.80 Å². The van der Waals surface area contributed by atoms with E-state index in [2.05, 4.69) is 21.2 Å². The molecule has 190 valence electrons. The van der Waals surface area contributed by atoms with Gasteiger partial charge in [0.2, 0.25) is 5.91 Å². The number of aliphatic imine (C=N–C) groups is 1. The second kappa shape index (κ2) is 10.5. The van der Waals surface area contributed by atoms with E-state index in [4.69, 9.17) is 9.73 Å². The molecule has 0 radical (unpaired) electrons. The van der Waals surface area contributed by atoms with E-state index in [1.54, 1.807) is 0 Å². The molecule has 2 aliphatic rings. The summed E-state index contributed by atoms with van der Waals surface area (Å²) in [7, 11) is 0. The van der Waals surface area contributed by atoms with Crippen LogP contribution in [0.3, 0.4) is 0 Å². The van der Waals surface area contributed by atoms with Crippen LogP contribution in [0.1, 0.15) is 22.7 Å². The monoisotopic (exact) mass is 502 g/mol. The van der Waals surface area contributed by atoms with Crippen LogP contribution in [0.2, 0.25) is 0 Å². The summed E-state index contributed by atoms with van der Waals surface area (Å²) in [5, 5.41) is 3.18. The zero-order valence-corrected chi connectivity index (χ0v) is 21.4. The Morgan fingerprint density at radius 3 is 2.24 bits per heavy atom. The summed E-state index contributed by atoms with van der Waals surface area (Å²) < 4.78 is 6.23. The van der Waals surface area contributed by atoms with E-state index < -0.39 is 0 Å². The van der Waals surface area contributed by atoms with Crippen molar-refractivity contribution in [3.05, 3.63) is 120 Å². The molecule has 1 fully saturated rings. The topological polar surface area (TPSA) is 57.2 Å². The zero-order chi connectivity index (χ0) is 25.9. The number of nitrogens with zero attached hydrogens (tertiary/aromatic N) is 3. The summed E-state index contributed by atoms with van der Waals surface area (Å²) in [5.74, 6) is 2.45. The molecule has 6 nitrogen and oxygen atoms in total. The van der Waals surface area contributed by atoms with Gasteiger partial charge in [0.15, 0.2) is 5.75 Å². The predicted molar refractivity (Wildman–Crippen MR) is 151 cm³/mol. The molecular weight excluding hydrogens is 472 g/mol. The Kier molecular flexibility index (Phi) is 6.63. The van der Waals surface area contributed by atoms with Crippen molar-refractivity contribution < 1.29 is 9.53 Å². The first kappa shape index (κ1) is 23.9. The van der Waals surface area contributed by atoms with Gasteiger partial charge in [-0.2, -0.15) is 0 Å². The van der Waals surface area contributed by atoms with Gasteiger partial charge in [0.05, 0.1) is 5.56 Å². The van der Waals surface area contributed by atoms with E-state index in [0.717, 1.165) is 71.6 Å². The molecule has 1 amide bonds. The second-order valence-electron chi connectivity index (χ2n) is 9.64. The van der Waals surface area contributed by atoms with Gasteiger partial charge >= 0.3 is 0 Å². The second-order valence-corrected chi connectivity index (χ2v) is 9.64. The fraction of sp³-hybridized carbons (Fsp3) is 0.188. The van der Waals surface area contributed by atoms with Crippen molar-refractivity contribution >= 4 is 23.1 Å². The first-order valence-corrected chi connectivity index (χ1v) is 13.0. The van der Waals surface area contributed by atoms with Gasteiger partial charge in [-0.3, -0.25) is 9.69 Å². The molecule has 6 heteroatoms. The summed E-state index contributed by atoms with van der Waals surface area (Å²) in [6, 6.07) is 33.5. The molecule has 4 aromatic rings. The number of aryl methyl sites for hydroxylation is 1. The maximum atomic E-state index is 13.7. The first-order valence-electron chi connectivity index (χ1n) is 13.0. The van der Waals surface area contributed by atoms with Crippen LogP contribution in [0, 0.1) is 6.92 Å². The Morgan fingerprint density at radius 1 is 0.789 bits per heavy atom. The molecule has 0 bridgehead atoms. The van der Waals surface area contributed by atoms with E-state index in [-0.39, 0.29) is 11.9 Å². The minimum absolute atomic E-state index is 0.0153. The van der Waals surface area contributed by atoms with Crippen LogP contribution < -0.4 is 10.1 Å². The number of benzene rings is 4. The number of hydrogen-bond acceptors (Lipinski definition) is 5. The van der Waals surface area contributed by atoms with Crippen LogP contribution in [-0.4, -0.2) is 47.7 Å². The van der Waals surface area contributed by atoms with Crippen LogP contribution in [-0.2, 0) is 4.79 Å². The molecule has 1 atom stereocenters. The number of hydrogen-bond donors (Lipinski definition) is 1. The number of fused-ring (bicyclic) bond motifs is 2. The molecule has 1 unspecified atom stereocenters. The van der Waals surface area contributed by atoms with E-state index in [9.17, 15) is 4.79 Å². The highest BCUT2D eigenvalue weighted by molar-refractivity contribution is 6.04. The molecule has 0 saturated carbocycles. The number of para-hydroxylation sites is 4. The van der Waals surface area contributed by atoms with Gasteiger partial charge in [-0.25, -0.2) is 4.99 Å². The summed E-state index contributed by atoms with van der Waals surface area (Å²) in [6.45, 7) is 4.96. The highest BCUT2D eigenvalue weighted by atomic mass is 16.5. The van der Waals surface area contributed by atoms with Gasteiger partial charge in [-0.05, 0) is 48.4 Å². The van der Waals surface area contributed by atoms with Gasteiger partial charge < -0.3 is 15.0 Å². The van der Waals surface area contributed by atoms with Crippen molar-refractivity contribution in [2.24, 2.45) is 4.99 Å². The third kappa shape index (κ3) is 4.78. The van der Waals surface area contributed by atoms with Gasteiger partial charge in [0, 0.05) is 31.9 Å². The molecule has 38 heavy (non-hydrogen) atoms. The average molecular weight is 503 g/mol.